The Morgan fingerprint density at radius 3 is 2.00 bits per heavy atom. The Kier molecular flexibility index (Phi) is 7.35. The molecule has 1 aromatic heterocycles. The molecule has 1 heterocycles. The van der Waals surface area contributed by atoms with Crippen molar-refractivity contribution in [2.24, 2.45) is 0 Å². The van der Waals surface area contributed by atoms with Crippen LogP contribution < -0.4 is 0 Å². The van der Waals surface area contributed by atoms with Crippen LogP contribution in [0.15, 0.2) is 54.6 Å². The molecule has 0 radical (unpaired) electrons. The molecule has 0 saturated carbocycles. The minimum Gasteiger partial charge on any atom is -0.392 e. The summed E-state index contributed by atoms with van der Waals surface area (Å²) in [5.41, 5.74) is 6.47. The monoisotopic (exact) mass is 407 g/mol. The number of pyridine rings is 1. The highest BCUT2D eigenvalue weighted by molar-refractivity contribution is 5.73. The van der Waals surface area contributed by atoms with Crippen LogP contribution in [-0.4, -0.2) is 10.1 Å². The summed E-state index contributed by atoms with van der Waals surface area (Å²) in [6.45, 7) is 9.10. The smallest absolute Gasteiger partial charge is 0.123 e. The second kappa shape index (κ2) is 9.96. The molecule has 1 N–H and O–H groups in total. The van der Waals surface area contributed by atoms with Gasteiger partial charge >= 0.3 is 0 Å². The predicted molar refractivity (Wildman–Crippen MR) is 119 cm³/mol. The number of nitrogens with zero attached hydrogens (tertiary/aromatic N) is 1. The second-order valence-corrected chi connectivity index (χ2v) is 8.17. The molecule has 0 amide bonds. The van der Waals surface area contributed by atoms with Gasteiger partial charge in [-0.1, -0.05) is 70.2 Å². The third-order valence-electron chi connectivity index (χ3n) is 5.21. The van der Waals surface area contributed by atoms with Gasteiger partial charge in [-0.3, -0.25) is 4.98 Å². The van der Waals surface area contributed by atoms with Gasteiger partial charge in [-0.15, -0.1) is 0 Å². The molecule has 0 aliphatic heterocycles. The van der Waals surface area contributed by atoms with Crippen molar-refractivity contribution in [1.82, 2.24) is 4.98 Å². The Hall–Kier alpha value is -2.56. The maximum atomic E-state index is 13.6. The van der Waals surface area contributed by atoms with Gasteiger partial charge in [0, 0.05) is 22.5 Å². The summed E-state index contributed by atoms with van der Waals surface area (Å²) < 4.78 is 19.7. The number of aromatic nitrogens is 1. The van der Waals surface area contributed by atoms with Crippen LogP contribution >= 0.6 is 0 Å². The molecule has 0 atom stereocenters. The largest absolute Gasteiger partial charge is 0.392 e. The normalized spacial score (nSPS) is 11.5. The highest BCUT2D eigenvalue weighted by atomic mass is 19.1. The fourth-order valence-corrected chi connectivity index (χ4v) is 3.77. The molecule has 0 spiro atoms. The number of benzene rings is 2. The van der Waals surface area contributed by atoms with Crippen molar-refractivity contribution >= 4 is 0 Å². The third kappa shape index (κ3) is 4.94. The van der Waals surface area contributed by atoms with Crippen molar-refractivity contribution in [3.05, 3.63) is 88.5 Å². The Balaban J connectivity index is 2.12. The number of ether oxygens (including phenoxy) is 1. The zero-order valence-corrected chi connectivity index (χ0v) is 18.2. The van der Waals surface area contributed by atoms with E-state index in [2.05, 4.69) is 27.7 Å². The average Bonchev–Trinajstić information content (AvgIpc) is 2.74. The first-order chi connectivity index (χ1) is 14.4. The van der Waals surface area contributed by atoms with Gasteiger partial charge in [0.05, 0.1) is 19.8 Å². The molecule has 0 saturated heterocycles. The highest BCUT2D eigenvalue weighted by Gasteiger charge is 2.23. The van der Waals surface area contributed by atoms with E-state index < -0.39 is 0 Å². The molecule has 3 aromatic rings. The van der Waals surface area contributed by atoms with E-state index in [1.807, 2.05) is 30.3 Å². The fraction of sp³-hybridized carbons (Fsp3) is 0.346. The van der Waals surface area contributed by atoms with E-state index in [4.69, 9.17) is 9.72 Å². The van der Waals surface area contributed by atoms with Crippen LogP contribution in [-0.2, 0) is 24.6 Å². The summed E-state index contributed by atoms with van der Waals surface area (Å²) >= 11 is 0. The maximum Gasteiger partial charge on any atom is 0.123 e. The lowest BCUT2D eigenvalue weighted by Gasteiger charge is -2.24. The molecule has 0 unspecified atom stereocenters. The number of halogens is 1. The van der Waals surface area contributed by atoms with Crippen molar-refractivity contribution in [3.63, 3.8) is 0 Å². The molecular formula is C26H30FNO2. The van der Waals surface area contributed by atoms with Gasteiger partial charge in [0.2, 0.25) is 0 Å². The zero-order chi connectivity index (χ0) is 21.7. The molecule has 3 rings (SSSR count). The molecule has 158 valence electrons. The molecule has 4 heteroatoms. The summed E-state index contributed by atoms with van der Waals surface area (Å²) in [5, 5.41) is 10.3. The van der Waals surface area contributed by atoms with E-state index in [1.165, 1.54) is 12.1 Å². The summed E-state index contributed by atoms with van der Waals surface area (Å²) in [6, 6.07) is 16.5. The fourth-order valence-electron chi connectivity index (χ4n) is 3.77. The first-order valence-corrected chi connectivity index (χ1v) is 10.5. The Morgan fingerprint density at radius 2 is 1.43 bits per heavy atom. The van der Waals surface area contributed by atoms with Crippen molar-refractivity contribution in [2.75, 3.05) is 0 Å². The van der Waals surface area contributed by atoms with E-state index >= 15 is 0 Å². The highest BCUT2D eigenvalue weighted by Crippen LogP contribution is 2.37. The number of aliphatic hydroxyl groups is 1. The number of rotatable bonds is 8. The zero-order valence-electron chi connectivity index (χ0n) is 18.2. The summed E-state index contributed by atoms with van der Waals surface area (Å²) in [5.74, 6) is 0.0568. The predicted octanol–water partition coefficient (Wildman–Crippen LogP) is 6.34. The van der Waals surface area contributed by atoms with Crippen LogP contribution in [0, 0.1) is 5.82 Å². The number of aliphatic hydroxyl groups excluding tert-OH is 1. The van der Waals surface area contributed by atoms with Crippen LogP contribution in [0.2, 0.25) is 0 Å². The number of hydrogen-bond donors (Lipinski definition) is 1. The molecule has 0 aliphatic rings. The standard InChI is InChI=1S/C26H30FNO2/c1-17(2)25-22(14-29)24(20-10-12-21(27)13-11-20)23(26(28-25)18(3)4)16-30-15-19-8-6-5-7-9-19/h5-13,17-18,29H,14-16H2,1-4H3. The Labute approximate surface area is 178 Å². The number of hydrogen-bond acceptors (Lipinski definition) is 3. The van der Waals surface area contributed by atoms with Gasteiger partial charge in [-0.05, 0) is 40.7 Å². The third-order valence-corrected chi connectivity index (χ3v) is 5.21. The van der Waals surface area contributed by atoms with Crippen molar-refractivity contribution < 1.29 is 14.2 Å². The van der Waals surface area contributed by atoms with Crippen LogP contribution in [0.1, 0.15) is 67.6 Å². The molecule has 30 heavy (non-hydrogen) atoms. The van der Waals surface area contributed by atoms with E-state index in [1.54, 1.807) is 12.1 Å². The Morgan fingerprint density at radius 1 is 0.833 bits per heavy atom. The minimum atomic E-state index is -0.284. The van der Waals surface area contributed by atoms with E-state index in [0.29, 0.717) is 13.2 Å². The van der Waals surface area contributed by atoms with Crippen molar-refractivity contribution in [1.29, 1.82) is 0 Å². The lowest BCUT2D eigenvalue weighted by Crippen LogP contribution is -2.13. The van der Waals surface area contributed by atoms with Gasteiger partial charge in [-0.2, -0.15) is 0 Å². The molecular weight excluding hydrogens is 377 g/mol. The average molecular weight is 408 g/mol. The topological polar surface area (TPSA) is 42.4 Å². The van der Waals surface area contributed by atoms with Gasteiger partial charge in [0.1, 0.15) is 5.82 Å². The Bertz CT molecular complexity index is 967. The van der Waals surface area contributed by atoms with Crippen molar-refractivity contribution in [3.8, 4) is 11.1 Å². The summed E-state index contributed by atoms with van der Waals surface area (Å²) in [4.78, 5) is 4.96. The van der Waals surface area contributed by atoms with Gasteiger partial charge < -0.3 is 9.84 Å². The van der Waals surface area contributed by atoms with Gasteiger partial charge in [0.25, 0.3) is 0 Å². The first-order valence-electron chi connectivity index (χ1n) is 10.5. The van der Waals surface area contributed by atoms with E-state index in [-0.39, 0.29) is 24.3 Å². The molecule has 0 aliphatic carbocycles. The van der Waals surface area contributed by atoms with Crippen LogP contribution in [0.5, 0.6) is 0 Å². The molecule has 2 aromatic carbocycles. The van der Waals surface area contributed by atoms with Crippen LogP contribution in [0.25, 0.3) is 11.1 Å². The van der Waals surface area contributed by atoms with Gasteiger partial charge in [0.15, 0.2) is 0 Å². The molecule has 3 nitrogen and oxygen atoms in total. The molecule has 0 fully saturated rings. The van der Waals surface area contributed by atoms with Gasteiger partial charge in [-0.25, -0.2) is 4.39 Å². The van der Waals surface area contributed by atoms with Crippen LogP contribution in [0.3, 0.4) is 0 Å². The maximum absolute atomic E-state index is 13.6. The first kappa shape index (κ1) is 22.1. The van der Waals surface area contributed by atoms with Crippen molar-refractivity contribution in [2.45, 2.75) is 59.4 Å². The summed E-state index contributed by atoms with van der Waals surface area (Å²) in [7, 11) is 0. The molecule has 0 bridgehead atoms. The van der Waals surface area contributed by atoms with E-state index in [9.17, 15) is 9.50 Å². The van der Waals surface area contributed by atoms with Crippen LogP contribution in [0.4, 0.5) is 4.39 Å². The lowest BCUT2D eigenvalue weighted by molar-refractivity contribution is 0.106. The second-order valence-electron chi connectivity index (χ2n) is 8.17. The van der Waals surface area contributed by atoms with E-state index in [0.717, 1.165) is 39.2 Å². The SMILES string of the molecule is CC(C)c1nc(C(C)C)c(COCc2ccccc2)c(-c2ccc(F)cc2)c1CO. The quantitative estimate of drug-likeness (QED) is 0.473. The lowest BCUT2D eigenvalue weighted by atomic mass is 9.87. The summed E-state index contributed by atoms with van der Waals surface area (Å²) in [6.07, 6.45) is 0. The minimum absolute atomic E-state index is 0.128.